The number of pyridine rings is 1. The van der Waals surface area contributed by atoms with E-state index in [0.717, 1.165) is 0 Å². The van der Waals surface area contributed by atoms with Gasteiger partial charge in [-0.3, -0.25) is 9.78 Å². The number of nitrogens with zero attached hydrogens (tertiary/aromatic N) is 1. The van der Waals surface area contributed by atoms with Crippen molar-refractivity contribution in [2.45, 2.75) is 12.5 Å². The molecule has 0 saturated carbocycles. The lowest BCUT2D eigenvalue weighted by Gasteiger charge is -2.17. The van der Waals surface area contributed by atoms with Gasteiger partial charge in [0.05, 0.1) is 12.7 Å². The Hall–Kier alpha value is -2.11. The Bertz CT molecular complexity index is 708. The molecular formula is C16H14Cl2N2O3. The second-order valence-electron chi connectivity index (χ2n) is 4.73. The number of carbonyl (C=O) groups is 2. The van der Waals surface area contributed by atoms with E-state index in [1.165, 1.54) is 13.3 Å². The average molecular weight is 353 g/mol. The summed E-state index contributed by atoms with van der Waals surface area (Å²) in [5.74, 6) is -0.980. The van der Waals surface area contributed by atoms with Crippen LogP contribution in [0.2, 0.25) is 10.0 Å². The summed E-state index contributed by atoms with van der Waals surface area (Å²) >= 11 is 12.0. The molecule has 0 unspecified atom stereocenters. The highest BCUT2D eigenvalue weighted by molar-refractivity contribution is 6.35. The van der Waals surface area contributed by atoms with Crippen LogP contribution in [0.1, 0.15) is 15.9 Å². The first kappa shape index (κ1) is 17.2. The molecule has 1 heterocycles. The quantitative estimate of drug-likeness (QED) is 0.840. The fourth-order valence-electron chi connectivity index (χ4n) is 1.98. The number of carbonyl (C=O) groups excluding carboxylic acids is 2. The van der Waals surface area contributed by atoms with Crippen molar-refractivity contribution in [1.82, 2.24) is 10.3 Å². The monoisotopic (exact) mass is 352 g/mol. The van der Waals surface area contributed by atoms with E-state index >= 15 is 0 Å². The third kappa shape index (κ3) is 4.68. The molecule has 0 spiro atoms. The van der Waals surface area contributed by atoms with Crippen molar-refractivity contribution in [3.8, 4) is 0 Å². The maximum atomic E-state index is 12.2. The molecule has 120 valence electrons. The Morgan fingerprint density at radius 3 is 2.70 bits per heavy atom. The summed E-state index contributed by atoms with van der Waals surface area (Å²) in [5, 5.41) is 3.54. The second kappa shape index (κ2) is 7.94. The molecule has 1 N–H and O–H groups in total. The van der Waals surface area contributed by atoms with Crippen LogP contribution in [0.25, 0.3) is 0 Å². The molecule has 0 saturated heterocycles. The minimum absolute atomic E-state index is 0.189. The van der Waals surface area contributed by atoms with Crippen molar-refractivity contribution in [3.05, 3.63) is 63.9 Å². The van der Waals surface area contributed by atoms with Crippen molar-refractivity contribution in [2.75, 3.05) is 7.11 Å². The van der Waals surface area contributed by atoms with E-state index < -0.39 is 17.9 Å². The van der Waals surface area contributed by atoms with Crippen LogP contribution >= 0.6 is 23.2 Å². The van der Waals surface area contributed by atoms with Crippen molar-refractivity contribution in [2.24, 2.45) is 0 Å². The van der Waals surface area contributed by atoms with Gasteiger partial charge in [-0.25, -0.2) is 4.79 Å². The van der Waals surface area contributed by atoms with Crippen LogP contribution in [0, 0.1) is 0 Å². The number of benzene rings is 1. The normalized spacial score (nSPS) is 11.6. The van der Waals surface area contributed by atoms with Crippen LogP contribution in [0.15, 0.2) is 42.7 Å². The average Bonchev–Trinajstić information content (AvgIpc) is 2.56. The fourth-order valence-corrected chi connectivity index (χ4v) is 2.47. The Labute approximate surface area is 143 Å². The first-order chi connectivity index (χ1) is 11.0. The number of halogens is 2. The zero-order chi connectivity index (χ0) is 16.8. The summed E-state index contributed by atoms with van der Waals surface area (Å²) in [5.41, 5.74) is 1.03. The lowest BCUT2D eigenvalue weighted by Crippen LogP contribution is -2.43. The molecule has 23 heavy (non-hydrogen) atoms. The molecule has 0 fully saturated rings. The highest BCUT2D eigenvalue weighted by Crippen LogP contribution is 2.22. The Morgan fingerprint density at radius 2 is 2.09 bits per heavy atom. The largest absolute Gasteiger partial charge is 0.467 e. The van der Waals surface area contributed by atoms with Crippen molar-refractivity contribution < 1.29 is 14.3 Å². The Morgan fingerprint density at radius 1 is 1.30 bits per heavy atom. The molecule has 0 bridgehead atoms. The van der Waals surface area contributed by atoms with Crippen LogP contribution in [0.4, 0.5) is 0 Å². The summed E-state index contributed by atoms with van der Waals surface area (Å²) < 4.78 is 4.75. The molecule has 0 aliphatic carbocycles. The number of hydrogen-bond acceptors (Lipinski definition) is 4. The summed E-state index contributed by atoms with van der Waals surface area (Å²) in [4.78, 5) is 28.0. The molecule has 2 aromatic rings. The third-order valence-electron chi connectivity index (χ3n) is 3.15. The van der Waals surface area contributed by atoms with Gasteiger partial charge < -0.3 is 10.1 Å². The van der Waals surface area contributed by atoms with E-state index in [2.05, 4.69) is 10.3 Å². The van der Waals surface area contributed by atoms with Crippen LogP contribution < -0.4 is 5.32 Å². The van der Waals surface area contributed by atoms with E-state index in [1.807, 2.05) is 0 Å². The van der Waals surface area contributed by atoms with Gasteiger partial charge >= 0.3 is 5.97 Å². The molecule has 5 nitrogen and oxygen atoms in total. The smallest absolute Gasteiger partial charge is 0.328 e. The first-order valence-electron chi connectivity index (χ1n) is 6.74. The first-order valence-corrected chi connectivity index (χ1v) is 7.49. The summed E-state index contributed by atoms with van der Waals surface area (Å²) in [7, 11) is 1.26. The van der Waals surface area contributed by atoms with Gasteiger partial charge in [0.1, 0.15) is 6.04 Å². The number of aromatic nitrogens is 1. The van der Waals surface area contributed by atoms with Gasteiger partial charge in [-0.2, -0.15) is 0 Å². The molecule has 0 aliphatic heterocycles. The Balaban J connectivity index is 2.17. The number of nitrogens with one attached hydrogen (secondary N) is 1. The molecule has 1 aromatic heterocycles. The van der Waals surface area contributed by atoms with Gasteiger partial charge in [-0.1, -0.05) is 29.3 Å². The molecule has 1 amide bonds. The molecular weight excluding hydrogens is 339 g/mol. The minimum atomic E-state index is -0.869. The van der Waals surface area contributed by atoms with Gasteiger partial charge in [0.25, 0.3) is 5.91 Å². The highest BCUT2D eigenvalue weighted by Gasteiger charge is 2.23. The van der Waals surface area contributed by atoms with Gasteiger partial charge in [-0.05, 0) is 29.8 Å². The van der Waals surface area contributed by atoms with Crippen molar-refractivity contribution >= 4 is 35.1 Å². The van der Waals surface area contributed by atoms with Gasteiger partial charge in [0.2, 0.25) is 0 Å². The number of esters is 1. The predicted molar refractivity (Wildman–Crippen MR) is 87.7 cm³/mol. The van der Waals surface area contributed by atoms with Crippen LogP contribution in [0.3, 0.4) is 0 Å². The van der Waals surface area contributed by atoms with E-state index in [0.29, 0.717) is 21.2 Å². The number of ether oxygens (including phenoxy) is 1. The zero-order valence-corrected chi connectivity index (χ0v) is 13.8. The summed E-state index contributed by atoms with van der Waals surface area (Å²) in [6, 6.07) is 7.32. The fraction of sp³-hybridized carbons (Fsp3) is 0.188. The third-order valence-corrected chi connectivity index (χ3v) is 3.74. The topological polar surface area (TPSA) is 68.3 Å². The maximum absolute atomic E-state index is 12.2. The number of hydrogen-bond donors (Lipinski definition) is 1. The number of amides is 1. The van der Waals surface area contributed by atoms with E-state index in [9.17, 15) is 9.59 Å². The zero-order valence-electron chi connectivity index (χ0n) is 12.3. The van der Waals surface area contributed by atoms with Crippen LogP contribution in [0.5, 0.6) is 0 Å². The molecule has 0 aliphatic rings. The lowest BCUT2D eigenvalue weighted by molar-refractivity contribution is -0.142. The van der Waals surface area contributed by atoms with Gasteiger partial charge in [-0.15, -0.1) is 0 Å². The number of methoxy groups -OCH3 is 1. The standard InChI is InChI=1S/C16H14Cl2N2O3/c1-23-16(22)14(7-10-4-5-12(17)8-13(10)18)20-15(21)11-3-2-6-19-9-11/h2-6,8-9,14H,7H2,1H3,(H,20,21)/t14-/m1/s1. The maximum Gasteiger partial charge on any atom is 0.328 e. The summed E-state index contributed by atoms with van der Waals surface area (Å²) in [6.07, 6.45) is 3.16. The van der Waals surface area contributed by atoms with Crippen molar-refractivity contribution in [3.63, 3.8) is 0 Å². The predicted octanol–water partition coefficient (Wildman–Crippen LogP) is 2.90. The molecule has 7 heteroatoms. The van der Waals surface area contributed by atoms with Crippen molar-refractivity contribution in [1.29, 1.82) is 0 Å². The second-order valence-corrected chi connectivity index (χ2v) is 5.57. The minimum Gasteiger partial charge on any atom is -0.467 e. The van der Waals surface area contributed by atoms with E-state index in [1.54, 1.807) is 36.5 Å². The SMILES string of the molecule is COC(=O)[C@@H](Cc1ccc(Cl)cc1Cl)NC(=O)c1cccnc1. The lowest BCUT2D eigenvalue weighted by atomic mass is 10.1. The van der Waals surface area contributed by atoms with Gasteiger partial charge in [0, 0.05) is 28.9 Å². The molecule has 0 radical (unpaired) electrons. The number of rotatable bonds is 5. The van der Waals surface area contributed by atoms with Crippen LogP contribution in [-0.4, -0.2) is 30.0 Å². The van der Waals surface area contributed by atoms with Gasteiger partial charge in [0.15, 0.2) is 0 Å². The Kier molecular flexibility index (Phi) is 5.96. The van der Waals surface area contributed by atoms with E-state index in [4.69, 9.17) is 27.9 Å². The molecule has 1 atom stereocenters. The molecule has 1 aromatic carbocycles. The highest BCUT2D eigenvalue weighted by atomic mass is 35.5. The summed E-state index contributed by atoms with van der Waals surface area (Å²) in [6.45, 7) is 0. The van der Waals surface area contributed by atoms with Crippen LogP contribution in [-0.2, 0) is 16.0 Å². The van der Waals surface area contributed by atoms with E-state index in [-0.39, 0.29) is 6.42 Å². The molecule has 2 rings (SSSR count).